The molecule has 0 aliphatic carbocycles. The van der Waals surface area contributed by atoms with Gasteiger partial charge in [0.25, 0.3) is 0 Å². The first-order valence-electron chi connectivity index (χ1n) is 11.7. The highest BCUT2D eigenvalue weighted by molar-refractivity contribution is 7.98. The van der Waals surface area contributed by atoms with Crippen LogP contribution in [0.2, 0.25) is 0 Å². The molecule has 0 bridgehead atoms. The standard InChI is InChI=1S/C24H34N6O6S/c1-13(25)21(32)28-17(7-8-20(26)31)22(33)29-18(9-10-37-2)23(34)30-19(24(35)36)11-14-12-27-16-6-4-3-5-15(14)16/h3-6,12-13,17-19,27H,7-11,25H2,1-2H3,(H2,26,31)(H,28,32)(H,29,33)(H,30,34)(H,35,36). The molecule has 0 fully saturated rings. The van der Waals surface area contributed by atoms with Crippen molar-refractivity contribution in [2.45, 2.75) is 56.8 Å². The third-order valence-electron chi connectivity index (χ3n) is 5.68. The molecule has 9 N–H and O–H groups in total. The quantitative estimate of drug-likeness (QED) is 0.160. The number of primary amides is 1. The average molecular weight is 535 g/mol. The zero-order chi connectivity index (χ0) is 27.5. The van der Waals surface area contributed by atoms with Crippen LogP contribution in [-0.4, -0.2) is 75.9 Å². The van der Waals surface area contributed by atoms with E-state index in [0.29, 0.717) is 5.75 Å². The number of carbonyl (C=O) groups excluding carboxylic acids is 4. The zero-order valence-corrected chi connectivity index (χ0v) is 21.6. The molecule has 12 nitrogen and oxygen atoms in total. The van der Waals surface area contributed by atoms with Crippen LogP contribution in [0, 0.1) is 0 Å². The summed E-state index contributed by atoms with van der Waals surface area (Å²) < 4.78 is 0. The van der Waals surface area contributed by atoms with Gasteiger partial charge < -0.3 is 37.5 Å². The topological polar surface area (TPSA) is 209 Å². The van der Waals surface area contributed by atoms with Gasteiger partial charge in [0.05, 0.1) is 6.04 Å². The number of aromatic nitrogens is 1. The number of carboxylic acid groups (broad SMARTS) is 1. The molecule has 2 aromatic rings. The predicted octanol–water partition coefficient (Wildman–Crippen LogP) is -0.385. The summed E-state index contributed by atoms with van der Waals surface area (Å²) >= 11 is 1.44. The van der Waals surface area contributed by atoms with Crippen LogP contribution in [0.3, 0.4) is 0 Å². The summed E-state index contributed by atoms with van der Waals surface area (Å²) in [6.07, 6.45) is 3.50. The Balaban J connectivity index is 2.17. The van der Waals surface area contributed by atoms with E-state index in [1.165, 1.54) is 18.7 Å². The third-order valence-corrected chi connectivity index (χ3v) is 6.33. The van der Waals surface area contributed by atoms with Crippen LogP contribution < -0.4 is 27.4 Å². The van der Waals surface area contributed by atoms with Gasteiger partial charge in [-0.2, -0.15) is 11.8 Å². The highest BCUT2D eigenvalue weighted by atomic mass is 32.2. The number of carbonyl (C=O) groups is 5. The van der Waals surface area contributed by atoms with Crippen molar-refractivity contribution in [3.8, 4) is 0 Å². The molecule has 1 aromatic heterocycles. The Morgan fingerprint density at radius 3 is 2.16 bits per heavy atom. The van der Waals surface area contributed by atoms with Gasteiger partial charge in [-0.25, -0.2) is 4.79 Å². The maximum absolute atomic E-state index is 13.1. The summed E-state index contributed by atoms with van der Waals surface area (Å²) in [6, 6.07) is 3.02. The SMILES string of the molecule is CSCCC(NC(=O)C(CCC(N)=O)NC(=O)C(C)N)C(=O)NC(Cc1c[nH]c2ccccc12)C(=O)O. The number of thioether (sulfide) groups is 1. The number of carboxylic acids is 1. The molecule has 37 heavy (non-hydrogen) atoms. The molecule has 202 valence electrons. The minimum absolute atomic E-state index is 0.0277. The number of rotatable bonds is 15. The van der Waals surface area contributed by atoms with Crippen LogP contribution in [0.5, 0.6) is 0 Å². The molecule has 2 rings (SSSR count). The summed E-state index contributed by atoms with van der Waals surface area (Å²) in [5.41, 5.74) is 12.3. The molecule has 0 aliphatic heterocycles. The van der Waals surface area contributed by atoms with Gasteiger partial charge in [-0.05, 0) is 43.4 Å². The first-order chi connectivity index (χ1) is 17.5. The van der Waals surface area contributed by atoms with Gasteiger partial charge in [-0.1, -0.05) is 18.2 Å². The molecule has 0 aliphatic rings. The average Bonchev–Trinajstić information content (AvgIpc) is 3.25. The number of H-pyrrole nitrogens is 1. The molecule has 4 unspecified atom stereocenters. The number of benzene rings is 1. The Morgan fingerprint density at radius 2 is 1.57 bits per heavy atom. The lowest BCUT2D eigenvalue weighted by Crippen LogP contribution is -2.57. The predicted molar refractivity (Wildman–Crippen MR) is 141 cm³/mol. The lowest BCUT2D eigenvalue weighted by Gasteiger charge is -2.24. The van der Waals surface area contributed by atoms with Crippen molar-refractivity contribution in [1.82, 2.24) is 20.9 Å². The van der Waals surface area contributed by atoms with Gasteiger partial charge in [0.15, 0.2) is 0 Å². The van der Waals surface area contributed by atoms with Crippen LogP contribution in [0.4, 0.5) is 0 Å². The number of fused-ring (bicyclic) bond motifs is 1. The van der Waals surface area contributed by atoms with E-state index in [2.05, 4.69) is 20.9 Å². The van der Waals surface area contributed by atoms with Crippen LogP contribution in [0.15, 0.2) is 30.5 Å². The second kappa shape index (κ2) is 14.2. The smallest absolute Gasteiger partial charge is 0.326 e. The van der Waals surface area contributed by atoms with Gasteiger partial charge >= 0.3 is 5.97 Å². The summed E-state index contributed by atoms with van der Waals surface area (Å²) in [5.74, 6) is -3.39. The molecule has 1 aromatic carbocycles. The first kappa shape index (κ1) is 29.6. The number of hydrogen-bond donors (Lipinski definition) is 7. The van der Waals surface area contributed by atoms with Crippen molar-refractivity contribution < 1.29 is 29.1 Å². The summed E-state index contributed by atoms with van der Waals surface area (Å²) in [4.78, 5) is 64.5. The Bertz CT molecular complexity index is 1120. The molecule has 0 spiro atoms. The van der Waals surface area contributed by atoms with Crippen LogP contribution in [0.1, 0.15) is 31.7 Å². The number of aromatic amines is 1. The maximum Gasteiger partial charge on any atom is 0.326 e. The van der Waals surface area contributed by atoms with E-state index in [9.17, 15) is 29.1 Å². The van der Waals surface area contributed by atoms with E-state index in [4.69, 9.17) is 11.5 Å². The number of hydrogen-bond acceptors (Lipinski definition) is 7. The molecule has 4 amide bonds. The van der Waals surface area contributed by atoms with E-state index >= 15 is 0 Å². The van der Waals surface area contributed by atoms with Crippen LogP contribution in [0.25, 0.3) is 10.9 Å². The monoisotopic (exact) mass is 534 g/mol. The van der Waals surface area contributed by atoms with E-state index in [1.807, 2.05) is 30.5 Å². The molecular formula is C24H34N6O6S. The summed E-state index contributed by atoms with van der Waals surface area (Å²) in [6.45, 7) is 1.44. The Kier molecular flexibility index (Phi) is 11.4. The second-order valence-electron chi connectivity index (χ2n) is 8.66. The largest absolute Gasteiger partial charge is 0.480 e. The van der Waals surface area contributed by atoms with Crippen molar-refractivity contribution in [3.63, 3.8) is 0 Å². The number of para-hydroxylation sites is 1. The minimum atomic E-state index is -1.25. The Hall–Kier alpha value is -3.58. The highest BCUT2D eigenvalue weighted by Crippen LogP contribution is 2.19. The molecule has 4 atom stereocenters. The van der Waals surface area contributed by atoms with Crippen molar-refractivity contribution in [3.05, 3.63) is 36.0 Å². The van der Waals surface area contributed by atoms with Gasteiger partial charge in [0, 0.05) is 29.9 Å². The van der Waals surface area contributed by atoms with Crippen molar-refractivity contribution in [2.24, 2.45) is 11.5 Å². The van der Waals surface area contributed by atoms with Crippen molar-refractivity contribution >= 4 is 52.3 Å². The molecule has 1 heterocycles. The van der Waals surface area contributed by atoms with Crippen LogP contribution in [-0.2, 0) is 30.4 Å². The fraction of sp³-hybridized carbons (Fsp3) is 0.458. The van der Waals surface area contributed by atoms with E-state index in [0.717, 1.165) is 16.5 Å². The Labute approximate surface area is 218 Å². The van der Waals surface area contributed by atoms with E-state index in [-0.39, 0.29) is 25.7 Å². The summed E-state index contributed by atoms with van der Waals surface area (Å²) in [5, 5.41) is 18.2. The van der Waals surface area contributed by atoms with Crippen LogP contribution >= 0.6 is 11.8 Å². The maximum atomic E-state index is 13.1. The van der Waals surface area contributed by atoms with Gasteiger partial charge in [0.1, 0.15) is 18.1 Å². The molecule has 0 saturated heterocycles. The fourth-order valence-corrected chi connectivity index (χ4v) is 4.10. The minimum Gasteiger partial charge on any atom is -0.480 e. The van der Waals surface area contributed by atoms with E-state index in [1.54, 1.807) is 6.20 Å². The number of amides is 4. The van der Waals surface area contributed by atoms with Gasteiger partial charge in [0.2, 0.25) is 23.6 Å². The molecule has 0 radical (unpaired) electrons. The fourth-order valence-electron chi connectivity index (χ4n) is 3.63. The number of nitrogens with one attached hydrogen (secondary N) is 4. The number of aliphatic carboxylic acids is 1. The van der Waals surface area contributed by atoms with Gasteiger partial charge in [-0.3, -0.25) is 19.2 Å². The molecule has 13 heteroatoms. The lowest BCUT2D eigenvalue weighted by molar-refractivity contribution is -0.142. The highest BCUT2D eigenvalue weighted by Gasteiger charge is 2.30. The normalized spacial score (nSPS) is 14.2. The lowest BCUT2D eigenvalue weighted by atomic mass is 10.0. The Morgan fingerprint density at radius 1 is 0.973 bits per heavy atom. The third kappa shape index (κ3) is 9.10. The number of nitrogens with two attached hydrogens (primary N) is 2. The molecular weight excluding hydrogens is 500 g/mol. The van der Waals surface area contributed by atoms with Crippen molar-refractivity contribution in [2.75, 3.05) is 12.0 Å². The van der Waals surface area contributed by atoms with Crippen molar-refractivity contribution in [1.29, 1.82) is 0 Å². The second-order valence-corrected chi connectivity index (χ2v) is 9.65. The zero-order valence-electron chi connectivity index (χ0n) is 20.8. The van der Waals surface area contributed by atoms with E-state index < -0.39 is 53.8 Å². The molecule has 0 saturated carbocycles. The van der Waals surface area contributed by atoms with Gasteiger partial charge in [-0.15, -0.1) is 0 Å². The summed E-state index contributed by atoms with van der Waals surface area (Å²) in [7, 11) is 0. The first-order valence-corrected chi connectivity index (χ1v) is 13.1.